The van der Waals surface area contributed by atoms with Crippen LogP contribution in [0.1, 0.15) is 25.7 Å². The second-order valence-corrected chi connectivity index (χ2v) is 2.19. The van der Waals surface area contributed by atoms with Crippen molar-refractivity contribution in [2.75, 3.05) is 13.2 Å². The molecule has 0 aromatic heterocycles. The van der Waals surface area contributed by atoms with Gasteiger partial charge in [-0.1, -0.05) is 0 Å². The molecule has 47 valence electrons. The predicted molar refractivity (Wildman–Crippen MR) is 33.6 cm³/mol. The van der Waals surface area contributed by atoms with E-state index in [1.165, 1.54) is 25.7 Å². The molecular weight excluding hydrogens is 100 g/mol. The first kappa shape index (κ1) is 6.09. The summed E-state index contributed by atoms with van der Waals surface area (Å²) >= 11 is 0. The molecule has 0 amide bonds. The zero-order valence-corrected chi connectivity index (χ0v) is 5.23. The van der Waals surface area contributed by atoms with Crippen LogP contribution in [0.5, 0.6) is 0 Å². The molecule has 1 saturated heterocycles. The van der Waals surface area contributed by atoms with Crippen molar-refractivity contribution in [2.45, 2.75) is 25.7 Å². The van der Waals surface area contributed by atoms with Crippen molar-refractivity contribution in [1.82, 2.24) is 0 Å². The Morgan fingerprint density at radius 2 is 1.62 bits per heavy atom. The lowest BCUT2D eigenvalue weighted by molar-refractivity contribution is 0.123. The molecular formula is C7H13O. The van der Waals surface area contributed by atoms with Crippen molar-refractivity contribution >= 4 is 0 Å². The van der Waals surface area contributed by atoms with E-state index in [4.69, 9.17) is 4.74 Å². The lowest BCUT2D eigenvalue weighted by Crippen LogP contribution is -2.00. The van der Waals surface area contributed by atoms with Crippen LogP contribution in [0.25, 0.3) is 0 Å². The summed E-state index contributed by atoms with van der Waals surface area (Å²) in [5, 5.41) is 0. The van der Waals surface area contributed by atoms with Gasteiger partial charge in [0.15, 0.2) is 0 Å². The Bertz CT molecular complexity index is 28.3. The molecule has 1 heteroatoms. The van der Waals surface area contributed by atoms with Crippen molar-refractivity contribution in [1.29, 1.82) is 0 Å². The zero-order valence-electron chi connectivity index (χ0n) is 5.23. The summed E-state index contributed by atoms with van der Waals surface area (Å²) < 4.78 is 5.25. The quantitative estimate of drug-likeness (QED) is 0.465. The van der Waals surface area contributed by atoms with Gasteiger partial charge in [-0.05, 0) is 32.1 Å². The number of rotatable bonds is 0. The van der Waals surface area contributed by atoms with Crippen molar-refractivity contribution in [2.24, 2.45) is 0 Å². The van der Waals surface area contributed by atoms with Crippen LogP contribution < -0.4 is 0 Å². The summed E-state index contributed by atoms with van der Waals surface area (Å²) in [4.78, 5) is 0. The van der Waals surface area contributed by atoms with E-state index < -0.39 is 0 Å². The summed E-state index contributed by atoms with van der Waals surface area (Å²) in [6.07, 6.45) is 7.31. The minimum Gasteiger partial charge on any atom is -0.381 e. The summed E-state index contributed by atoms with van der Waals surface area (Å²) in [5.41, 5.74) is 0. The minimum atomic E-state index is 0.969. The highest BCUT2D eigenvalue weighted by Crippen LogP contribution is 2.05. The first-order valence-corrected chi connectivity index (χ1v) is 3.39. The maximum Gasteiger partial charge on any atom is 0.0466 e. The molecule has 1 aliphatic heterocycles. The van der Waals surface area contributed by atoms with Gasteiger partial charge in [-0.3, -0.25) is 0 Å². The molecule has 0 aliphatic carbocycles. The molecule has 0 spiro atoms. The van der Waals surface area contributed by atoms with Crippen LogP contribution in [0.4, 0.5) is 0 Å². The maximum atomic E-state index is 5.25. The molecule has 0 aromatic carbocycles. The number of ether oxygens (including phenoxy) is 1. The van der Waals surface area contributed by atoms with Gasteiger partial charge in [0.2, 0.25) is 0 Å². The molecule has 0 atom stereocenters. The van der Waals surface area contributed by atoms with Crippen molar-refractivity contribution in [3.05, 3.63) is 6.42 Å². The van der Waals surface area contributed by atoms with Gasteiger partial charge in [-0.25, -0.2) is 0 Å². The molecule has 0 N–H and O–H groups in total. The standard InChI is InChI=1S/C7H13O/c1-2-4-6-8-7-5-3-1/h1H,2-7H2. The first-order valence-electron chi connectivity index (χ1n) is 3.39. The molecule has 1 rings (SSSR count). The van der Waals surface area contributed by atoms with E-state index in [-0.39, 0.29) is 0 Å². The van der Waals surface area contributed by atoms with Gasteiger partial charge in [0.1, 0.15) is 0 Å². The van der Waals surface area contributed by atoms with E-state index in [1.54, 1.807) is 0 Å². The van der Waals surface area contributed by atoms with Crippen LogP contribution in [-0.4, -0.2) is 13.2 Å². The second-order valence-electron chi connectivity index (χ2n) is 2.19. The fourth-order valence-corrected chi connectivity index (χ4v) is 0.906. The number of hydrogen-bond acceptors (Lipinski definition) is 1. The molecule has 1 nitrogen and oxygen atoms in total. The van der Waals surface area contributed by atoms with Crippen molar-refractivity contribution in [3.8, 4) is 0 Å². The predicted octanol–water partition coefficient (Wildman–Crippen LogP) is 1.78. The highest BCUT2D eigenvalue weighted by atomic mass is 16.5. The first-order chi connectivity index (χ1) is 4.00. The molecule has 8 heavy (non-hydrogen) atoms. The van der Waals surface area contributed by atoms with Gasteiger partial charge in [-0.15, -0.1) is 0 Å². The molecule has 0 aromatic rings. The van der Waals surface area contributed by atoms with E-state index >= 15 is 0 Å². The summed E-state index contributed by atoms with van der Waals surface area (Å²) in [5.74, 6) is 0. The topological polar surface area (TPSA) is 9.23 Å². The Morgan fingerprint density at radius 3 is 2.25 bits per heavy atom. The van der Waals surface area contributed by atoms with Crippen LogP contribution in [0, 0.1) is 6.42 Å². The lowest BCUT2D eigenvalue weighted by atomic mass is 10.1. The third-order valence-corrected chi connectivity index (χ3v) is 1.39. The van der Waals surface area contributed by atoms with Crippen molar-refractivity contribution in [3.63, 3.8) is 0 Å². The maximum absolute atomic E-state index is 5.25. The SMILES string of the molecule is [CH]1CCCOCCC1. The van der Waals surface area contributed by atoms with Gasteiger partial charge >= 0.3 is 0 Å². The van der Waals surface area contributed by atoms with E-state index in [2.05, 4.69) is 6.42 Å². The van der Waals surface area contributed by atoms with Crippen molar-refractivity contribution < 1.29 is 4.74 Å². The summed E-state index contributed by atoms with van der Waals surface area (Å²) in [6.45, 7) is 1.94. The Hall–Kier alpha value is -0.0400. The Kier molecular flexibility index (Phi) is 2.97. The highest BCUT2D eigenvalue weighted by Gasteiger charge is 1.95. The molecule has 1 radical (unpaired) electrons. The van der Waals surface area contributed by atoms with Crippen LogP contribution in [0.3, 0.4) is 0 Å². The fourth-order valence-electron chi connectivity index (χ4n) is 0.906. The zero-order chi connectivity index (χ0) is 5.66. The average molecular weight is 113 g/mol. The third-order valence-electron chi connectivity index (χ3n) is 1.39. The minimum absolute atomic E-state index is 0.969. The molecule has 0 unspecified atom stereocenters. The largest absolute Gasteiger partial charge is 0.381 e. The normalized spacial score (nSPS) is 24.0. The van der Waals surface area contributed by atoms with E-state index in [0.717, 1.165) is 13.2 Å². The molecule has 1 heterocycles. The van der Waals surface area contributed by atoms with Crippen LogP contribution in [-0.2, 0) is 4.74 Å². The Balaban J connectivity index is 2.00. The van der Waals surface area contributed by atoms with Gasteiger partial charge in [-0.2, -0.15) is 0 Å². The van der Waals surface area contributed by atoms with Gasteiger partial charge in [0, 0.05) is 13.2 Å². The number of hydrogen-bond donors (Lipinski definition) is 0. The van der Waals surface area contributed by atoms with Crippen LogP contribution in [0.15, 0.2) is 0 Å². The van der Waals surface area contributed by atoms with E-state index in [0.29, 0.717) is 0 Å². The monoisotopic (exact) mass is 113 g/mol. The van der Waals surface area contributed by atoms with Gasteiger partial charge in [0.05, 0.1) is 0 Å². The highest BCUT2D eigenvalue weighted by molar-refractivity contribution is 4.65. The molecule has 0 bridgehead atoms. The third kappa shape index (κ3) is 2.31. The second kappa shape index (κ2) is 3.90. The van der Waals surface area contributed by atoms with Gasteiger partial charge < -0.3 is 4.74 Å². The molecule has 0 saturated carbocycles. The molecule has 1 aliphatic rings. The summed E-state index contributed by atoms with van der Waals surface area (Å²) in [6, 6.07) is 0. The van der Waals surface area contributed by atoms with E-state index in [9.17, 15) is 0 Å². The van der Waals surface area contributed by atoms with E-state index in [1.807, 2.05) is 0 Å². The average Bonchev–Trinajstić information content (AvgIpc) is 1.62. The summed E-state index contributed by atoms with van der Waals surface area (Å²) in [7, 11) is 0. The fraction of sp³-hybridized carbons (Fsp3) is 0.857. The lowest BCUT2D eigenvalue weighted by Gasteiger charge is -2.07. The Labute approximate surface area is 51.0 Å². The Morgan fingerprint density at radius 1 is 1.00 bits per heavy atom. The van der Waals surface area contributed by atoms with Crippen LogP contribution >= 0.6 is 0 Å². The van der Waals surface area contributed by atoms with Crippen LogP contribution in [0.2, 0.25) is 0 Å². The smallest absolute Gasteiger partial charge is 0.0466 e. The van der Waals surface area contributed by atoms with Gasteiger partial charge in [0.25, 0.3) is 0 Å². The molecule has 1 fully saturated rings.